The number of nitrogens with one attached hydrogen (secondary N) is 1. The number of benzene rings is 1. The van der Waals surface area contributed by atoms with Gasteiger partial charge in [-0.05, 0) is 24.3 Å². The van der Waals surface area contributed by atoms with Gasteiger partial charge in [-0.2, -0.15) is 0 Å². The Morgan fingerprint density at radius 1 is 1.41 bits per heavy atom. The molecule has 2 heterocycles. The number of rotatable bonds is 3. The van der Waals surface area contributed by atoms with Crippen LogP contribution in [0.4, 0.5) is 0 Å². The molecule has 7 heteroatoms. The average Bonchev–Trinajstić information content (AvgIpc) is 3.05. The number of nitrogens with zero attached hydrogens (tertiary/aromatic N) is 2. The molecule has 3 rings (SSSR count). The molecule has 2 N–H and O–H groups in total. The van der Waals surface area contributed by atoms with Crippen LogP contribution in [0.3, 0.4) is 0 Å². The van der Waals surface area contributed by atoms with E-state index in [1.165, 1.54) is 6.20 Å². The minimum Gasteiger partial charge on any atom is -0.488 e. The first-order valence-electron chi connectivity index (χ1n) is 7.02. The monoisotopic (exact) mass is 321 g/mol. The lowest BCUT2D eigenvalue weighted by atomic mass is 10.0. The minimum atomic E-state index is -0.747. The number of aromatic amines is 1. The van der Waals surface area contributed by atoms with Gasteiger partial charge in [-0.15, -0.1) is 0 Å². The Balaban J connectivity index is 1.60. The zero-order valence-corrected chi connectivity index (χ0v) is 12.5. The molecule has 0 unspecified atom stereocenters. The van der Waals surface area contributed by atoms with Gasteiger partial charge in [0.1, 0.15) is 18.0 Å². The molecule has 0 saturated carbocycles. The molecule has 0 bridgehead atoms. The second-order valence-corrected chi connectivity index (χ2v) is 5.59. The number of likely N-dealkylation sites (tertiary alicyclic amines) is 1. The Hall–Kier alpha value is -2.05. The number of imidazole rings is 1. The Kier molecular flexibility index (Phi) is 4.31. The highest BCUT2D eigenvalue weighted by atomic mass is 35.5. The van der Waals surface area contributed by atoms with Crippen molar-refractivity contribution < 1.29 is 14.6 Å². The maximum absolute atomic E-state index is 12.2. The van der Waals surface area contributed by atoms with Gasteiger partial charge < -0.3 is 19.7 Å². The third-order valence-electron chi connectivity index (χ3n) is 3.61. The standard InChI is InChI=1S/C15H16ClN3O3/c16-10-1-3-11(4-2-10)22-13-5-8-19(9-12(13)20)15(21)14-17-6-7-18-14/h1-4,6-7,12-13,20H,5,8-9H2,(H,17,18)/t12-,13-/m1/s1. The molecular weight excluding hydrogens is 306 g/mol. The van der Waals surface area contributed by atoms with Gasteiger partial charge in [0.25, 0.3) is 5.91 Å². The average molecular weight is 322 g/mol. The van der Waals surface area contributed by atoms with E-state index in [1.807, 2.05) is 0 Å². The summed E-state index contributed by atoms with van der Waals surface area (Å²) in [6.45, 7) is 0.729. The molecule has 1 aliphatic rings. The van der Waals surface area contributed by atoms with Crippen molar-refractivity contribution in [3.63, 3.8) is 0 Å². The molecular formula is C15H16ClN3O3. The van der Waals surface area contributed by atoms with E-state index in [0.29, 0.717) is 23.7 Å². The number of aliphatic hydroxyl groups is 1. The fourth-order valence-electron chi connectivity index (χ4n) is 2.45. The van der Waals surface area contributed by atoms with Crippen LogP contribution in [0.15, 0.2) is 36.7 Å². The fourth-order valence-corrected chi connectivity index (χ4v) is 2.58. The van der Waals surface area contributed by atoms with Crippen LogP contribution >= 0.6 is 11.6 Å². The predicted octanol–water partition coefficient (Wildman–Crippen LogP) is 1.72. The summed E-state index contributed by atoms with van der Waals surface area (Å²) in [7, 11) is 0. The molecule has 1 amide bonds. The molecule has 6 nitrogen and oxygen atoms in total. The lowest BCUT2D eigenvalue weighted by molar-refractivity contribution is -0.0201. The predicted molar refractivity (Wildman–Crippen MR) is 81.0 cm³/mol. The summed E-state index contributed by atoms with van der Waals surface area (Å²) in [4.78, 5) is 20.5. The number of ether oxygens (including phenoxy) is 1. The van der Waals surface area contributed by atoms with Crippen molar-refractivity contribution in [3.05, 3.63) is 47.5 Å². The van der Waals surface area contributed by atoms with Crippen molar-refractivity contribution in [2.45, 2.75) is 18.6 Å². The smallest absolute Gasteiger partial charge is 0.289 e. The minimum absolute atomic E-state index is 0.214. The van der Waals surface area contributed by atoms with Crippen LogP contribution in [0.25, 0.3) is 0 Å². The topological polar surface area (TPSA) is 78.5 Å². The zero-order chi connectivity index (χ0) is 15.5. The maximum atomic E-state index is 12.2. The number of carbonyl (C=O) groups excluding carboxylic acids is 1. The van der Waals surface area contributed by atoms with E-state index >= 15 is 0 Å². The van der Waals surface area contributed by atoms with Crippen LogP contribution in [0.2, 0.25) is 5.02 Å². The number of hydrogen-bond donors (Lipinski definition) is 2. The maximum Gasteiger partial charge on any atom is 0.289 e. The molecule has 0 spiro atoms. The van der Waals surface area contributed by atoms with E-state index in [4.69, 9.17) is 16.3 Å². The third kappa shape index (κ3) is 3.23. The highest BCUT2D eigenvalue weighted by molar-refractivity contribution is 6.30. The van der Waals surface area contributed by atoms with Crippen molar-refractivity contribution in [3.8, 4) is 5.75 Å². The molecule has 1 aromatic carbocycles. The number of aromatic nitrogens is 2. The van der Waals surface area contributed by atoms with Crippen LogP contribution in [0.5, 0.6) is 5.75 Å². The van der Waals surface area contributed by atoms with Crippen LogP contribution in [-0.4, -0.2) is 51.2 Å². The number of piperidine rings is 1. The van der Waals surface area contributed by atoms with E-state index in [0.717, 1.165) is 0 Å². The van der Waals surface area contributed by atoms with E-state index in [9.17, 15) is 9.90 Å². The summed E-state index contributed by atoms with van der Waals surface area (Å²) in [6, 6.07) is 6.99. The second kappa shape index (κ2) is 6.37. The van der Waals surface area contributed by atoms with E-state index in [2.05, 4.69) is 9.97 Å². The Morgan fingerprint density at radius 3 is 2.82 bits per heavy atom. The molecule has 1 aromatic heterocycles. The molecule has 0 aliphatic carbocycles. The van der Waals surface area contributed by atoms with E-state index in [-0.39, 0.29) is 24.4 Å². The first-order valence-corrected chi connectivity index (χ1v) is 7.40. The van der Waals surface area contributed by atoms with Gasteiger partial charge in [-0.25, -0.2) is 4.98 Å². The quantitative estimate of drug-likeness (QED) is 0.902. The first kappa shape index (κ1) is 14.9. The van der Waals surface area contributed by atoms with Gasteiger partial charge in [-0.3, -0.25) is 4.79 Å². The molecule has 1 fully saturated rings. The highest BCUT2D eigenvalue weighted by Gasteiger charge is 2.32. The van der Waals surface area contributed by atoms with Crippen molar-refractivity contribution in [2.75, 3.05) is 13.1 Å². The molecule has 2 atom stereocenters. The van der Waals surface area contributed by atoms with Crippen LogP contribution in [-0.2, 0) is 0 Å². The van der Waals surface area contributed by atoms with Crippen LogP contribution < -0.4 is 4.74 Å². The summed E-state index contributed by atoms with van der Waals surface area (Å²) in [6.07, 6.45) is 2.58. The number of H-pyrrole nitrogens is 1. The lowest BCUT2D eigenvalue weighted by Gasteiger charge is -2.35. The number of carbonyl (C=O) groups is 1. The largest absolute Gasteiger partial charge is 0.488 e. The number of halogens is 1. The molecule has 22 heavy (non-hydrogen) atoms. The number of aliphatic hydroxyl groups excluding tert-OH is 1. The van der Waals surface area contributed by atoms with E-state index in [1.54, 1.807) is 35.4 Å². The van der Waals surface area contributed by atoms with Gasteiger partial charge >= 0.3 is 0 Å². The number of hydrogen-bond acceptors (Lipinski definition) is 4. The number of amides is 1. The summed E-state index contributed by atoms with van der Waals surface area (Å²) in [5, 5.41) is 10.9. The van der Waals surface area contributed by atoms with Gasteiger partial charge in [0.15, 0.2) is 5.82 Å². The SMILES string of the molecule is O=C(c1ncc[nH]1)N1CC[C@@H](Oc2ccc(Cl)cc2)[C@H](O)C1. The normalized spacial score (nSPS) is 21.6. The van der Waals surface area contributed by atoms with Crippen LogP contribution in [0.1, 0.15) is 17.0 Å². The van der Waals surface area contributed by atoms with Crippen molar-refractivity contribution in [1.82, 2.24) is 14.9 Å². The third-order valence-corrected chi connectivity index (χ3v) is 3.86. The molecule has 1 saturated heterocycles. The summed E-state index contributed by atoms with van der Waals surface area (Å²) >= 11 is 5.83. The molecule has 0 radical (unpaired) electrons. The van der Waals surface area contributed by atoms with Crippen LogP contribution in [0, 0.1) is 0 Å². The first-order chi connectivity index (χ1) is 10.6. The van der Waals surface area contributed by atoms with Gasteiger partial charge in [0.2, 0.25) is 0 Å². The highest BCUT2D eigenvalue weighted by Crippen LogP contribution is 2.22. The molecule has 1 aliphatic heterocycles. The van der Waals surface area contributed by atoms with Gasteiger partial charge in [-0.1, -0.05) is 11.6 Å². The Bertz CT molecular complexity index is 630. The summed E-state index contributed by atoms with van der Waals surface area (Å²) in [5.74, 6) is 0.720. The Labute approximate surface area is 132 Å². The summed E-state index contributed by atoms with van der Waals surface area (Å²) < 4.78 is 5.77. The Morgan fingerprint density at radius 2 is 2.18 bits per heavy atom. The molecule has 116 valence electrons. The summed E-state index contributed by atoms with van der Waals surface area (Å²) in [5.41, 5.74) is 0. The second-order valence-electron chi connectivity index (χ2n) is 5.16. The van der Waals surface area contributed by atoms with Gasteiger partial charge in [0, 0.05) is 30.4 Å². The number of β-amino-alcohol motifs (C(OH)–C–C–N with tert-alkyl or cyclic N) is 1. The fraction of sp³-hybridized carbons (Fsp3) is 0.333. The van der Waals surface area contributed by atoms with Gasteiger partial charge in [0.05, 0.1) is 6.54 Å². The van der Waals surface area contributed by atoms with Crippen molar-refractivity contribution in [2.24, 2.45) is 0 Å². The van der Waals surface area contributed by atoms with E-state index < -0.39 is 6.10 Å². The lowest BCUT2D eigenvalue weighted by Crippen LogP contribution is -2.51. The molecule has 2 aromatic rings. The zero-order valence-electron chi connectivity index (χ0n) is 11.8. The van der Waals surface area contributed by atoms with Crippen molar-refractivity contribution in [1.29, 1.82) is 0 Å². The van der Waals surface area contributed by atoms with Crippen molar-refractivity contribution >= 4 is 17.5 Å².